The average Bonchev–Trinajstić information content (AvgIpc) is 2.14. The van der Waals surface area contributed by atoms with Crippen molar-refractivity contribution in [3.05, 3.63) is 12.2 Å². The van der Waals surface area contributed by atoms with Gasteiger partial charge in [-0.1, -0.05) is 19.1 Å². The Bertz CT molecular complexity index is 166. The van der Waals surface area contributed by atoms with E-state index in [-0.39, 0.29) is 5.97 Å². The maximum atomic E-state index is 11.0. The van der Waals surface area contributed by atoms with Crippen LogP contribution in [-0.4, -0.2) is 37.6 Å². The quantitative estimate of drug-likeness (QED) is 0.463. The molecule has 0 aliphatic heterocycles. The van der Waals surface area contributed by atoms with Crippen LogP contribution < -0.4 is 0 Å². The smallest absolute Gasteiger partial charge is 0.319 e. The number of rotatable bonds is 6. The number of hydrogen-bond donors (Lipinski definition) is 0. The van der Waals surface area contributed by atoms with Crippen molar-refractivity contribution >= 4 is 5.97 Å². The molecule has 0 bridgehead atoms. The minimum Gasteiger partial charge on any atom is -0.468 e. The normalized spacial score (nSPS) is 11.1. The Labute approximate surface area is 80.4 Å². The fraction of sp³-hybridized carbons (Fsp3) is 0.700. The standard InChI is InChI=1S/C10H19NO2/c1-4-6-8-11(7-5-2)9-10(12)13-3/h4,6H,5,7-9H2,1-3H3. The Morgan fingerprint density at radius 3 is 2.69 bits per heavy atom. The lowest BCUT2D eigenvalue weighted by Gasteiger charge is -2.17. The van der Waals surface area contributed by atoms with Crippen molar-refractivity contribution < 1.29 is 9.53 Å². The first-order valence-corrected chi connectivity index (χ1v) is 4.64. The van der Waals surface area contributed by atoms with Crippen LogP contribution in [0.15, 0.2) is 12.2 Å². The van der Waals surface area contributed by atoms with Crippen LogP contribution in [0.4, 0.5) is 0 Å². The third kappa shape index (κ3) is 6.34. The molecule has 0 heterocycles. The van der Waals surface area contributed by atoms with Gasteiger partial charge in [0.2, 0.25) is 0 Å². The summed E-state index contributed by atoms with van der Waals surface area (Å²) in [4.78, 5) is 13.0. The van der Waals surface area contributed by atoms with E-state index in [0.717, 1.165) is 19.5 Å². The number of methoxy groups -OCH3 is 1. The van der Waals surface area contributed by atoms with Gasteiger partial charge in [0.1, 0.15) is 0 Å². The molecule has 0 aromatic heterocycles. The summed E-state index contributed by atoms with van der Waals surface area (Å²) in [5.41, 5.74) is 0. The molecule has 0 aliphatic rings. The van der Waals surface area contributed by atoms with E-state index >= 15 is 0 Å². The summed E-state index contributed by atoms with van der Waals surface area (Å²) in [6.45, 7) is 6.20. The van der Waals surface area contributed by atoms with Crippen molar-refractivity contribution in [1.82, 2.24) is 4.90 Å². The van der Waals surface area contributed by atoms with E-state index in [1.807, 2.05) is 19.1 Å². The number of allylic oxidation sites excluding steroid dienone is 1. The Kier molecular flexibility index (Phi) is 7.30. The highest BCUT2D eigenvalue weighted by atomic mass is 16.5. The minimum absolute atomic E-state index is 0.169. The number of carbonyl (C=O) groups is 1. The average molecular weight is 185 g/mol. The Morgan fingerprint density at radius 2 is 2.23 bits per heavy atom. The van der Waals surface area contributed by atoms with Crippen LogP contribution in [0, 0.1) is 0 Å². The molecule has 0 saturated carbocycles. The molecule has 0 aromatic carbocycles. The largest absolute Gasteiger partial charge is 0.468 e. The number of esters is 1. The second kappa shape index (κ2) is 7.80. The molecule has 0 fully saturated rings. The molecule has 0 rings (SSSR count). The van der Waals surface area contributed by atoms with Crippen LogP contribution in [0.5, 0.6) is 0 Å². The van der Waals surface area contributed by atoms with Gasteiger partial charge in [-0.15, -0.1) is 0 Å². The van der Waals surface area contributed by atoms with E-state index in [1.165, 1.54) is 7.11 Å². The topological polar surface area (TPSA) is 29.5 Å². The lowest BCUT2D eigenvalue weighted by molar-refractivity contribution is -0.141. The number of carbonyl (C=O) groups excluding carboxylic acids is 1. The zero-order chi connectivity index (χ0) is 10.1. The fourth-order valence-corrected chi connectivity index (χ4v) is 1.05. The number of ether oxygens (including phenoxy) is 1. The minimum atomic E-state index is -0.169. The van der Waals surface area contributed by atoms with Gasteiger partial charge in [0.05, 0.1) is 13.7 Å². The molecule has 0 aliphatic carbocycles. The predicted molar refractivity (Wildman–Crippen MR) is 53.6 cm³/mol. The van der Waals surface area contributed by atoms with E-state index < -0.39 is 0 Å². The van der Waals surface area contributed by atoms with E-state index in [4.69, 9.17) is 0 Å². The highest BCUT2D eigenvalue weighted by Crippen LogP contribution is 1.93. The van der Waals surface area contributed by atoms with E-state index in [2.05, 4.69) is 16.6 Å². The monoisotopic (exact) mass is 185 g/mol. The SMILES string of the molecule is CC=CCN(CCC)CC(=O)OC. The van der Waals surface area contributed by atoms with Crippen LogP contribution in [0.25, 0.3) is 0 Å². The van der Waals surface area contributed by atoms with Gasteiger partial charge < -0.3 is 4.74 Å². The second-order valence-electron chi connectivity index (χ2n) is 2.88. The highest BCUT2D eigenvalue weighted by molar-refractivity contribution is 5.71. The van der Waals surface area contributed by atoms with Crippen LogP contribution in [0.1, 0.15) is 20.3 Å². The van der Waals surface area contributed by atoms with Gasteiger partial charge in [0, 0.05) is 6.54 Å². The van der Waals surface area contributed by atoms with Crippen molar-refractivity contribution in [2.24, 2.45) is 0 Å². The van der Waals surface area contributed by atoms with Crippen molar-refractivity contribution in [3.8, 4) is 0 Å². The summed E-state index contributed by atoms with van der Waals surface area (Å²) in [7, 11) is 1.42. The highest BCUT2D eigenvalue weighted by Gasteiger charge is 2.07. The molecule has 0 amide bonds. The zero-order valence-corrected chi connectivity index (χ0v) is 8.75. The molecule has 13 heavy (non-hydrogen) atoms. The van der Waals surface area contributed by atoms with Crippen molar-refractivity contribution in [3.63, 3.8) is 0 Å². The molecule has 3 nitrogen and oxygen atoms in total. The van der Waals surface area contributed by atoms with Gasteiger partial charge in [-0.2, -0.15) is 0 Å². The first-order valence-electron chi connectivity index (χ1n) is 4.64. The van der Waals surface area contributed by atoms with Gasteiger partial charge in [-0.25, -0.2) is 0 Å². The van der Waals surface area contributed by atoms with Gasteiger partial charge in [0.15, 0.2) is 0 Å². The van der Waals surface area contributed by atoms with Crippen LogP contribution in [0.2, 0.25) is 0 Å². The molecular weight excluding hydrogens is 166 g/mol. The molecule has 0 atom stereocenters. The third-order valence-corrected chi connectivity index (χ3v) is 1.72. The number of nitrogens with zero attached hydrogens (tertiary/aromatic N) is 1. The number of hydrogen-bond acceptors (Lipinski definition) is 3. The predicted octanol–water partition coefficient (Wildman–Crippen LogP) is 1.45. The van der Waals surface area contributed by atoms with Gasteiger partial charge in [-0.3, -0.25) is 9.69 Å². The lowest BCUT2D eigenvalue weighted by Crippen LogP contribution is -2.31. The molecule has 0 N–H and O–H groups in total. The molecule has 3 heteroatoms. The summed E-state index contributed by atoms with van der Waals surface area (Å²) < 4.78 is 4.60. The van der Waals surface area contributed by atoms with E-state index in [0.29, 0.717) is 6.54 Å². The van der Waals surface area contributed by atoms with Gasteiger partial charge >= 0.3 is 5.97 Å². The summed E-state index contributed by atoms with van der Waals surface area (Å²) >= 11 is 0. The van der Waals surface area contributed by atoms with Crippen LogP contribution in [-0.2, 0) is 9.53 Å². The molecule has 0 aromatic rings. The lowest BCUT2D eigenvalue weighted by atomic mass is 10.3. The van der Waals surface area contributed by atoms with Crippen LogP contribution in [0.3, 0.4) is 0 Å². The van der Waals surface area contributed by atoms with E-state index in [1.54, 1.807) is 0 Å². The molecular formula is C10H19NO2. The molecule has 0 unspecified atom stereocenters. The third-order valence-electron chi connectivity index (χ3n) is 1.72. The Hall–Kier alpha value is -0.830. The Balaban J connectivity index is 3.85. The summed E-state index contributed by atoms with van der Waals surface area (Å²) in [5.74, 6) is -0.169. The molecule has 0 saturated heterocycles. The maximum absolute atomic E-state index is 11.0. The Morgan fingerprint density at radius 1 is 1.54 bits per heavy atom. The van der Waals surface area contributed by atoms with Crippen molar-refractivity contribution in [1.29, 1.82) is 0 Å². The summed E-state index contributed by atoms with van der Waals surface area (Å²) in [6.07, 6.45) is 5.08. The fourth-order valence-electron chi connectivity index (χ4n) is 1.05. The van der Waals surface area contributed by atoms with Crippen molar-refractivity contribution in [2.75, 3.05) is 26.7 Å². The van der Waals surface area contributed by atoms with Gasteiger partial charge in [-0.05, 0) is 19.9 Å². The zero-order valence-electron chi connectivity index (χ0n) is 8.75. The van der Waals surface area contributed by atoms with Gasteiger partial charge in [0.25, 0.3) is 0 Å². The molecule has 76 valence electrons. The van der Waals surface area contributed by atoms with Crippen molar-refractivity contribution in [2.45, 2.75) is 20.3 Å². The summed E-state index contributed by atoms with van der Waals surface area (Å²) in [5, 5.41) is 0. The van der Waals surface area contributed by atoms with Crippen LogP contribution >= 0.6 is 0 Å². The summed E-state index contributed by atoms with van der Waals surface area (Å²) in [6, 6.07) is 0. The maximum Gasteiger partial charge on any atom is 0.319 e. The first kappa shape index (κ1) is 12.2. The molecule has 0 radical (unpaired) electrons. The first-order chi connectivity index (χ1) is 6.24. The van der Waals surface area contributed by atoms with E-state index in [9.17, 15) is 4.79 Å². The second-order valence-corrected chi connectivity index (χ2v) is 2.88. The molecule has 0 spiro atoms.